The number of hydrazone groups is 1. The van der Waals surface area contributed by atoms with Gasteiger partial charge in [0.25, 0.3) is 0 Å². The van der Waals surface area contributed by atoms with Crippen LogP contribution in [0.15, 0.2) is 120 Å². The number of hydrogen-bond donors (Lipinski definition) is 5. The lowest BCUT2D eigenvalue weighted by Crippen LogP contribution is -2.05. The van der Waals surface area contributed by atoms with E-state index in [1.165, 1.54) is 0 Å². The molecule has 0 radical (unpaired) electrons. The highest BCUT2D eigenvalue weighted by Gasteiger charge is 1.96. The molecule has 7 heteroatoms. The van der Waals surface area contributed by atoms with Crippen molar-refractivity contribution in [3.05, 3.63) is 121 Å². The van der Waals surface area contributed by atoms with Crippen molar-refractivity contribution in [2.75, 3.05) is 16.3 Å². The number of hydrogen-bond acceptors (Lipinski definition) is 7. The van der Waals surface area contributed by atoms with Crippen molar-refractivity contribution in [1.82, 2.24) is 4.98 Å². The Morgan fingerprint density at radius 2 is 1.06 bits per heavy atom. The smallest absolute Gasteiger partial charge is 0.0859 e. The summed E-state index contributed by atoms with van der Waals surface area (Å²) < 4.78 is 0. The molecule has 4 rings (SSSR count). The maximum atomic E-state index is 5.10. The number of pyridine rings is 1. The van der Waals surface area contributed by atoms with Crippen LogP contribution in [0, 0.1) is 0 Å². The third kappa shape index (κ3) is 9.53. The minimum absolute atomic E-state index is 0.865. The SMILES string of the molecule is C/C(=N\Nc1ccccc1)c1ccccn1.NNc1ccccc1.NNc1ccccc1. The minimum Gasteiger partial charge on any atom is -0.324 e. The average molecular weight is 428 g/mol. The first-order valence-corrected chi connectivity index (χ1v) is 10.0. The van der Waals surface area contributed by atoms with Gasteiger partial charge in [0.15, 0.2) is 0 Å². The highest BCUT2D eigenvalue weighted by Crippen LogP contribution is 2.05. The molecule has 0 atom stereocenters. The molecule has 7 N–H and O–H groups in total. The molecule has 0 saturated heterocycles. The van der Waals surface area contributed by atoms with E-state index in [2.05, 4.69) is 26.4 Å². The number of rotatable bonds is 5. The second-order valence-electron chi connectivity index (χ2n) is 6.41. The van der Waals surface area contributed by atoms with Gasteiger partial charge in [-0.1, -0.05) is 60.7 Å². The molecule has 0 aliphatic heterocycles. The molecule has 0 unspecified atom stereocenters. The van der Waals surface area contributed by atoms with E-state index in [0.717, 1.165) is 28.5 Å². The largest absolute Gasteiger partial charge is 0.324 e. The van der Waals surface area contributed by atoms with Crippen LogP contribution in [0.25, 0.3) is 0 Å². The van der Waals surface area contributed by atoms with Crippen LogP contribution in [0.5, 0.6) is 0 Å². The Kier molecular flexibility index (Phi) is 11.1. The van der Waals surface area contributed by atoms with E-state index in [-0.39, 0.29) is 0 Å². The van der Waals surface area contributed by atoms with E-state index in [9.17, 15) is 0 Å². The normalized spacial score (nSPS) is 9.91. The van der Waals surface area contributed by atoms with Crippen LogP contribution in [-0.4, -0.2) is 10.7 Å². The molecule has 1 aromatic heterocycles. The fourth-order valence-electron chi connectivity index (χ4n) is 2.36. The first-order chi connectivity index (χ1) is 15.7. The summed E-state index contributed by atoms with van der Waals surface area (Å²) in [4.78, 5) is 4.22. The number of nitrogens with two attached hydrogens (primary N) is 2. The molecule has 0 aliphatic carbocycles. The van der Waals surface area contributed by atoms with Gasteiger partial charge < -0.3 is 10.9 Å². The van der Waals surface area contributed by atoms with Crippen LogP contribution in [0.3, 0.4) is 0 Å². The van der Waals surface area contributed by atoms with Crippen LogP contribution in [0.1, 0.15) is 12.6 Å². The van der Waals surface area contributed by atoms with Gasteiger partial charge in [-0.3, -0.25) is 22.1 Å². The molecule has 4 aromatic rings. The average Bonchev–Trinajstić information content (AvgIpc) is 2.90. The zero-order chi connectivity index (χ0) is 22.9. The first kappa shape index (κ1) is 24.1. The molecule has 0 aliphatic rings. The third-order valence-corrected chi connectivity index (χ3v) is 4.04. The van der Waals surface area contributed by atoms with Gasteiger partial charge in [0, 0.05) is 17.6 Å². The molecule has 0 saturated carbocycles. The van der Waals surface area contributed by atoms with E-state index in [0.29, 0.717) is 0 Å². The zero-order valence-electron chi connectivity index (χ0n) is 18.0. The number of nitrogen functional groups attached to an aromatic ring is 2. The number of nitrogens with zero attached hydrogens (tertiary/aromatic N) is 2. The van der Waals surface area contributed by atoms with Gasteiger partial charge in [-0.05, 0) is 55.5 Å². The molecule has 7 nitrogen and oxygen atoms in total. The van der Waals surface area contributed by atoms with Gasteiger partial charge in [-0.25, -0.2) is 0 Å². The zero-order valence-corrected chi connectivity index (χ0v) is 18.0. The molecule has 0 amide bonds. The quantitative estimate of drug-likeness (QED) is 0.177. The predicted octanol–water partition coefficient (Wildman–Crippen LogP) is 4.86. The fourth-order valence-corrected chi connectivity index (χ4v) is 2.36. The molecular weight excluding hydrogens is 398 g/mol. The summed E-state index contributed by atoms with van der Waals surface area (Å²) in [5, 5.41) is 4.27. The summed E-state index contributed by atoms with van der Waals surface area (Å²) in [5.41, 5.74) is 12.6. The van der Waals surface area contributed by atoms with E-state index < -0.39 is 0 Å². The molecular formula is C25H29N7. The Bertz CT molecular complexity index is 970. The van der Waals surface area contributed by atoms with Gasteiger partial charge in [0.1, 0.15) is 0 Å². The van der Waals surface area contributed by atoms with E-state index >= 15 is 0 Å². The summed E-state index contributed by atoms with van der Waals surface area (Å²) in [5.74, 6) is 10.2. The third-order valence-electron chi connectivity index (χ3n) is 4.04. The number of para-hydroxylation sites is 3. The summed E-state index contributed by atoms with van der Waals surface area (Å²) in [7, 11) is 0. The lowest BCUT2D eigenvalue weighted by atomic mass is 10.3. The highest BCUT2D eigenvalue weighted by atomic mass is 15.3. The van der Waals surface area contributed by atoms with Gasteiger partial charge in [-0.2, -0.15) is 5.10 Å². The number of aromatic nitrogens is 1. The molecule has 0 bridgehead atoms. The summed E-state index contributed by atoms with van der Waals surface area (Å²) in [6.07, 6.45) is 1.76. The van der Waals surface area contributed by atoms with Crippen LogP contribution >= 0.6 is 0 Å². The van der Waals surface area contributed by atoms with Crippen molar-refractivity contribution in [2.24, 2.45) is 16.8 Å². The van der Waals surface area contributed by atoms with Crippen molar-refractivity contribution in [1.29, 1.82) is 0 Å². The Labute approximate surface area is 189 Å². The highest BCUT2D eigenvalue weighted by molar-refractivity contribution is 5.97. The Hall–Kier alpha value is -4.20. The number of nitrogens with one attached hydrogen (secondary N) is 3. The maximum absolute atomic E-state index is 5.10. The minimum atomic E-state index is 0.865. The summed E-state index contributed by atoms with van der Waals surface area (Å²) >= 11 is 0. The maximum Gasteiger partial charge on any atom is 0.0859 e. The molecule has 0 fully saturated rings. The number of hydrazine groups is 2. The lowest BCUT2D eigenvalue weighted by Gasteiger charge is -2.02. The van der Waals surface area contributed by atoms with E-state index in [1.54, 1.807) is 6.20 Å². The number of anilines is 3. The molecule has 1 heterocycles. The van der Waals surface area contributed by atoms with E-state index in [4.69, 9.17) is 11.7 Å². The summed E-state index contributed by atoms with van der Waals surface area (Å²) in [6.45, 7) is 1.93. The lowest BCUT2D eigenvalue weighted by molar-refractivity contribution is 1.25. The monoisotopic (exact) mass is 427 g/mol. The fraction of sp³-hybridized carbons (Fsp3) is 0.0400. The summed E-state index contributed by atoms with van der Waals surface area (Å²) in [6, 6.07) is 34.8. The van der Waals surface area contributed by atoms with Gasteiger partial charge in [0.2, 0.25) is 0 Å². The molecule has 0 spiro atoms. The van der Waals surface area contributed by atoms with Crippen molar-refractivity contribution >= 4 is 22.8 Å². The Morgan fingerprint density at radius 3 is 1.44 bits per heavy atom. The van der Waals surface area contributed by atoms with Gasteiger partial charge >= 0.3 is 0 Å². The second-order valence-corrected chi connectivity index (χ2v) is 6.41. The van der Waals surface area contributed by atoms with Gasteiger partial charge in [0.05, 0.1) is 17.1 Å². The van der Waals surface area contributed by atoms with Crippen LogP contribution in [-0.2, 0) is 0 Å². The Morgan fingerprint density at radius 1 is 0.625 bits per heavy atom. The molecule has 164 valence electrons. The predicted molar refractivity (Wildman–Crippen MR) is 135 cm³/mol. The molecule has 3 aromatic carbocycles. The van der Waals surface area contributed by atoms with Gasteiger partial charge in [-0.15, -0.1) is 0 Å². The first-order valence-electron chi connectivity index (χ1n) is 10.0. The van der Waals surface area contributed by atoms with Crippen LogP contribution in [0.2, 0.25) is 0 Å². The van der Waals surface area contributed by atoms with Crippen LogP contribution in [0.4, 0.5) is 17.1 Å². The Balaban J connectivity index is 0.000000190. The standard InChI is InChI=1S/C13H13N3.2C6H8N2/c1-11(13-9-5-6-10-14-13)15-16-12-7-3-2-4-8-12;2*7-8-6-4-2-1-3-5-6/h2-10,16H,1H3;2*1-5,8H,7H2/b15-11+;;. The topological polar surface area (TPSA) is 113 Å². The van der Waals surface area contributed by atoms with Crippen molar-refractivity contribution in [3.63, 3.8) is 0 Å². The van der Waals surface area contributed by atoms with Crippen molar-refractivity contribution < 1.29 is 0 Å². The van der Waals surface area contributed by atoms with E-state index in [1.807, 2.05) is 116 Å². The van der Waals surface area contributed by atoms with Crippen LogP contribution < -0.4 is 28.0 Å². The number of benzene rings is 3. The van der Waals surface area contributed by atoms with Crippen molar-refractivity contribution in [2.45, 2.75) is 6.92 Å². The second kappa shape index (κ2) is 14.7. The molecule has 32 heavy (non-hydrogen) atoms. The van der Waals surface area contributed by atoms with Crippen molar-refractivity contribution in [3.8, 4) is 0 Å².